The Morgan fingerprint density at radius 2 is 2.31 bits per heavy atom. The van der Waals surface area contributed by atoms with E-state index in [-0.39, 0.29) is 18.6 Å². The third kappa shape index (κ3) is 1.61. The predicted octanol–water partition coefficient (Wildman–Crippen LogP) is 0.677. The van der Waals surface area contributed by atoms with Crippen LogP contribution < -0.4 is 0 Å². The Morgan fingerprint density at radius 1 is 1.69 bits per heavy atom. The van der Waals surface area contributed by atoms with Gasteiger partial charge in [-0.2, -0.15) is 0 Å². The van der Waals surface area contributed by atoms with Gasteiger partial charge in [-0.1, -0.05) is 6.58 Å². The molecule has 0 radical (unpaired) electrons. The van der Waals surface area contributed by atoms with E-state index in [0.29, 0.717) is 0 Å². The molecule has 0 aromatic rings. The molecule has 0 aromatic carbocycles. The molecule has 1 aliphatic carbocycles. The summed E-state index contributed by atoms with van der Waals surface area (Å²) in [6.45, 7) is 3.40. The average Bonchev–Trinajstić information content (AvgIpc) is 2.31. The zero-order valence-corrected chi connectivity index (χ0v) is 7.92. The van der Waals surface area contributed by atoms with Gasteiger partial charge in [-0.3, -0.25) is 0 Å². The van der Waals surface area contributed by atoms with Crippen molar-refractivity contribution in [3.8, 4) is 0 Å². The lowest BCUT2D eigenvalue weighted by Gasteiger charge is -2.26. The smallest absolute Gasteiger partial charge is 0.183 e. The predicted molar refractivity (Wildman–Crippen MR) is 46.3 cm³/mol. The highest BCUT2D eigenvalue weighted by Crippen LogP contribution is 2.39. The first-order valence-electron chi connectivity index (χ1n) is 4.14. The van der Waals surface area contributed by atoms with Gasteiger partial charge >= 0.3 is 0 Å². The van der Waals surface area contributed by atoms with E-state index >= 15 is 0 Å². The highest BCUT2D eigenvalue weighted by molar-refractivity contribution is 5.27. The summed E-state index contributed by atoms with van der Waals surface area (Å²) in [7, 11) is 2.83. The van der Waals surface area contributed by atoms with E-state index < -0.39 is 17.9 Å². The molecule has 0 heterocycles. The van der Waals surface area contributed by atoms with Crippen LogP contribution in [-0.2, 0) is 9.47 Å². The summed E-state index contributed by atoms with van der Waals surface area (Å²) in [4.78, 5) is 0. The molecule has 1 rings (SSSR count). The molecule has 3 atom stereocenters. The van der Waals surface area contributed by atoms with E-state index in [1.165, 1.54) is 14.2 Å². The lowest BCUT2D eigenvalue weighted by atomic mass is 9.99. The fraction of sp³-hybridized carbons (Fsp3) is 0.778. The number of halogens is 1. The van der Waals surface area contributed by atoms with Crippen LogP contribution in [0.4, 0.5) is 4.39 Å². The molecule has 1 saturated carbocycles. The number of hydrogen-bond donors (Lipinski definition) is 1. The maximum atomic E-state index is 14.1. The molecule has 0 unspecified atom stereocenters. The topological polar surface area (TPSA) is 38.7 Å². The summed E-state index contributed by atoms with van der Waals surface area (Å²) >= 11 is 0. The van der Waals surface area contributed by atoms with E-state index in [0.717, 1.165) is 0 Å². The molecule has 0 amide bonds. The molecule has 76 valence electrons. The number of ether oxygens (including phenoxy) is 2. The first kappa shape index (κ1) is 10.6. The Kier molecular flexibility index (Phi) is 3.05. The minimum atomic E-state index is -1.75. The van der Waals surface area contributed by atoms with E-state index in [2.05, 4.69) is 6.58 Å². The van der Waals surface area contributed by atoms with Crippen LogP contribution in [-0.4, -0.2) is 43.8 Å². The van der Waals surface area contributed by atoms with Gasteiger partial charge in [-0.25, -0.2) is 4.39 Å². The summed E-state index contributed by atoms with van der Waals surface area (Å²) in [5, 5.41) is 9.39. The Hall–Kier alpha value is -0.450. The van der Waals surface area contributed by atoms with Crippen molar-refractivity contribution in [3.05, 3.63) is 12.2 Å². The molecule has 3 nitrogen and oxygen atoms in total. The molecule has 0 saturated heterocycles. The summed E-state index contributed by atoms with van der Waals surface area (Å²) < 4.78 is 23.8. The molecule has 0 spiro atoms. The molecule has 0 bridgehead atoms. The van der Waals surface area contributed by atoms with E-state index in [4.69, 9.17) is 9.47 Å². The molecular weight excluding hydrogens is 175 g/mol. The van der Waals surface area contributed by atoms with Crippen molar-refractivity contribution in [2.45, 2.75) is 24.3 Å². The van der Waals surface area contributed by atoms with Gasteiger partial charge in [-0.05, 0) is 5.57 Å². The maximum absolute atomic E-state index is 14.1. The van der Waals surface area contributed by atoms with Crippen LogP contribution in [0.2, 0.25) is 0 Å². The van der Waals surface area contributed by atoms with Crippen LogP contribution in [0.15, 0.2) is 12.2 Å². The van der Waals surface area contributed by atoms with Crippen LogP contribution in [0, 0.1) is 0 Å². The fourth-order valence-electron chi connectivity index (χ4n) is 1.69. The minimum Gasteiger partial charge on any atom is -0.389 e. The van der Waals surface area contributed by atoms with Gasteiger partial charge in [-0.15, -0.1) is 0 Å². The molecule has 1 aliphatic rings. The molecule has 4 heteroatoms. The van der Waals surface area contributed by atoms with Gasteiger partial charge in [0.25, 0.3) is 0 Å². The lowest BCUT2D eigenvalue weighted by Crippen LogP contribution is -2.39. The number of hydrogen-bond acceptors (Lipinski definition) is 3. The lowest BCUT2D eigenvalue weighted by molar-refractivity contribution is -0.0395. The SMILES string of the molecule is C=C1[C@H](O)C[C@H](OC)[C@@]1(F)COC. The van der Waals surface area contributed by atoms with Gasteiger partial charge in [0.05, 0.1) is 12.7 Å². The first-order chi connectivity index (χ1) is 6.06. The van der Waals surface area contributed by atoms with E-state index in [9.17, 15) is 9.50 Å². The van der Waals surface area contributed by atoms with Gasteiger partial charge in [0.15, 0.2) is 5.67 Å². The largest absolute Gasteiger partial charge is 0.389 e. The highest BCUT2D eigenvalue weighted by Gasteiger charge is 2.51. The first-order valence-corrected chi connectivity index (χ1v) is 4.14. The molecular formula is C9H15FO3. The fourth-order valence-corrected chi connectivity index (χ4v) is 1.69. The summed E-state index contributed by atoms with van der Waals surface area (Å²) in [6, 6.07) is 0. The second-order valence-electron chi connectivity index (χ2n) is 3.30. The van der Waals surface area contributed by atoms with Crippen LogP contribution >= 0.6 is 0 Å². The molecule has 0 aliphatic heterocycles. The van der Waals surface area contributed by atoms with Crippen LogP contribution in [0.5, 0.6) is 0 Å². The van der Waals surface area contributed by atoms with Crippen molar-refractivity contribution in [1.82, 2.24) is 0 Å². The quantitative estimate of drug-likeness (QED) is 0.665. The van der Waals surface area contributed by atoms with Gasteiger partial charge in [0.1, 0.15) is 6.10 Å². The van der Waals surface area contributed by atoms with Gasteiger partial charge in [0, 0.05) is 20.6 Å². The van der Waals surface area contributed by atoms with Crippen LogP contribution in [0.1, 0.15) is 6.42 Å². The van der Waals surface area contributed by atoms with E-state index in [1.54, 1.807) is 0 Å². The minimum absolute atomic E-state index is 0.124. The van der Waals surface area contributed by atoms with E-state index in [1.807, 2.05) is 0 Å². The Bertz CT molecular complexity index is 207. The summed E-state index contributed by atoms with van der Waals surface area (Å²) in [6.07, 6.45) is -1.24. The molecule has 0 aromatic heterocycles. The van der Waals surface area contributed by atoms with Gasteiger partial charge < -0.3 is 14.6 Å². The Balaban J connectivity index is 2.83. The average molecular weight is 190 g/mol. The number of methoxy groups -OCH3 is 2. The standard InChI is InChI=1S/C9H15FO3/c1-6-7(11)4-8(13-3)9(6,10)5-12-2/h7-8,11H,1,4-5H2,2-3H3/t7-,8+,9-/m1/s1. The Labute approximate surface area is 77.2 Å². The van der Waals surface area contributed by atoms with Crippen molar-refractivity contribution in [2.24, 2.45) is 0 Å². The molecule has 13 heavy (non-hydrogen) atoms. The maximum Gasteiger partial charge on any atom is 0.183 e. The second kappa shape index (κ2) is 3.74. The van der Waals surface area contributed by atoms with Crippen molar-refractivity contribution in [3.63, 3.8) is 0 Å². The Morgan fingerprint density at radius 3 is 2.77 bits per heavy atom. The van der Waals surface area contributed by atoms with Crippen molar-refractivity contribution in [2.75, 3.05) is 20.8 Å². The number of rotatable bonds is 3. The number of aliphatic hydroxyl groups excluding tert-OH is 1. The van der Waals surface area contributed by atoms with Crippen LogP contribution in [0.3, 0.4) is 0 Å². The third-order valence-electron chi connectivity index (χ3n) is 2.52. The molecule has 1 N–H and O–H groups in total. The zero-order chi connectivity index (χ0) is 10.1. The van der Waals surface area contributed by atoms with Crippen molar-refractivity contribution >= 4 is 0 Å². The van der Waals surface area contributed by atoms with Crippen molar-refractivity contribution in [1.29, 1.82) is 0 Å². The van der Waals surface area contributed by atoms with Crippen LogP contribution in [0.25, 0.3) is 0 Å². The third-order valence-corrected chi connectivity index (χ3v) is 2.52. The van der Waals surface area contributed by atoms with Crippen molar-refractivity contribution < 1.29 is 19.0 Å². The normalized spacial score (nSPS) is 39.8. The monoisotopic (exact) mass is 190 g/mol. The summed E-state index contributed by atoms with van der Waals surface area (Å²) in [5.41, 5.74) is -1.59. The highest BCUT2D eigenvalue weighted by atomic mass is 19.1. The zero-order valence-electron chi connectivity index (χ0n) is 7.92. The van der Waals surface area contributed by atoms with Gasteiger partial charge in [0.2, 0.25) is 0 Å². The second-order valence-corrected chi connectivity index (χ2v) is 3.30. The number of aliphatic hydroxyl groups is 1. The number of alkyl halides is 1. The summed E-state index contributed by atoms with van der Waals surface area (Å²) in [5.74, 6) is 0. The molecule has 1 fully saturated rings.